The van der Waals surface area contributed by atoms with Crippen molar-refractivity contribution < 1.29 is 17.7 Å². The minimum Gasteiger partial charge on any atom is -0.360 e. The van der Waals surface area contributed by atoms with Gasteiger partial charge in [0.25, 0.3) is 0 Å². The molecule has 0 aromatic carbocycles. The van der Waals surface area contributed by atoms with Gasteiger partial charge in [-0.1, -0.05) is 24.9 Å². The van der Waals surface area contributed by atoms with Gasteiger partial charge in [0.1, 0.15) is 10.6 Å². The number of amides is 1. The minimum absolute atomic E-state index is 0.162. The average molecular weight is 369 g/mol. The van der Waals surface area contributed by atoms with Crippen molar-refractivity contribution >= 4 is 15.9 Å². The molecule has 0 unspecified atom stereocenters. The Morgan fingerprint density at radius 3 is 2.36 bits per heavy atom. The predicted octanol–water partition coefficient (Wildman–Crippen LogP) is 2.09. The lowest BCUT2D eigenvalue weighted by Gasteiger charge is -2.31. The van der Waals surface area contributed by atoms with Gasteiger partial charge in [-0.05, 0) is 33.1 Å². The van der Waals surface area contributed by atoms with Crippen molar-refractivity contribution in [2.75, 3.05) is 26.2 Å². The molecular formula is C17H27N3O4S. The third-order valence-electron chi connectivity index (χ3n) is 5.53. The zero-order chi connectivity index (χ0) is 18.2. The maximum absolute atomic E-state index is 13.0. The van der Waals surface area contributed by atoms with Crippen LogP contribution >= 0.6 is 0 Å². The van der Waals surface area contributed by atoms with E-state index in [-0.39, 0.29) is 16.2 Å². The standard InChI is InChI=1S/C17H27N3O4S/c1-13-15(14(2)24-18-13)25(22,23)20-10-6-9-19(11-12-20)16(21)17(3)7-4-5-8-17/h4-12H2,1-3H3. The summed E-state index contributed by atoms with van der Waals surface area (Å²) in [6.45, 7) is 7.07. The summed E-state index contributed by atoms with van der Waals surface area (Å²) in [6, 6.07) is 0. The first-order valence-electron chi connectivity index (χ1n) is 8.98. The summed E-state index contributed by atoms with van der Waals surface area (Å²) in [5.41, 5.74) is 0.114. The largest absolute Gasteiger partial charge is 0.360 e. The number of rotatable bonds is 3. The molecule has 25 heavy (non-hydrogen) atoms. The van der Waals surface area contributed by atoms with Crippen LogP contribution in [0.15, 0.2) is 9.42 Å². The number of hydrogen-bond acceptors (Lipinski definition) is 5. The quantitative estimate of drug-likeness (QED) is 0.815. The van der Waals surface area contributed by atoms with Gasteiger partial charge in [0, 0.05) is 31.6 Å². The van der Waals surface area contributed by atoms with Crippen LogP contribution in [-0.2, 0) is 14.8 Å². The molecule has 1 aliphatic carbocycles. The summed E-state index contributed by atoms with van der Waals surface area (Å²) in [7, 11) is -3.65. The van der Waals surface area contributed by atoms with E-state index in [0.29, 0.717) is 44.1 Å². The number of sulfonamides is 1. The monoisotopic (exact) mass is 369 g/mol. The van der Waals surface area contributed by atoms with Crippen LogP contribution in [0.1, 0.15) is 50.5 Å². The van der Waals surface area contributed by atoms with Crippen molar-refractivity contribution in [3.05, 3.63) is 11.5 Å². The van der Waals surface area contributed by atoms with Gasteiger partial charge in [-0.25, -0.2) is 8.42 Å². The summed E-state index contributed by atoms with van der Waals surface area (Å²) >= 11 is 0. The minimum atomic E-state index is -3.65. The molecule has 2 aliphatic rings. The Morgan fingerprint density at radius 1 is 1.08 bits per heavy atom. The highest BCUT2D eigenvalue weighted by Crippen LogP contribution is 2.39. The molecule has 0 bridgehead atoms. The average Bonchev–Trinajstić information content (AvgIpc) is 3.04. The summed E-state index contributed by atoms with van der Waals surface area (Å²) in [6.07, 6.45) is 4.71. The van der Waals surface area contributed by atoms with E-state index in [1.807, 2.05) is 11.8 Å². The van der Waals surface area contributed by atoms with E-state index in [1.165, 1.54) is 4.31 Å². The SMILES string of the molecule is Cc1noc(C)c1S(=O)(=O)N1CCCN(C(=O)C2(C)CCCC2)CC1. The van der Waals surface area contributed by atoms with E-state index in [4.69, 9.17) is 4.52 Å². The maximum Gasteiger partial charge on any atom is 0.248 e. The highest BCUT2D eigenvalue weighted by atomic mass is 32.2. The molecule has 8 heteroatoms. The van der Waals surface area contributed by atoms with E-state index < -0.39 is 10.0 Å². The lowest BCUT2D eigenvalue weighted by atomic mass is 9.87. The van der Waals surface area contributed by atoms with E-state index in [1.54, 1.807) is 13.8 Å². The first-order valence-corrected chi connectivity index (χ1v) is 10.4. The van der Waals surface area contributed by atoms with Crippen LogP contribution in [0.4, 0.5) is 0 Å². The Hall–Kier alpha value is -1.41. The van der Waals surface area contributed by atoms with Crippen LogP contribution in [0.25, 0.3) is 0 Å². The van der Waals surface area contributed by atoms with Crippen molar-refractivity contribution in [2.24, 2.45) is 5.41 Å². The van der Waals surface area contributed by atoms with E-state index >= 15 is 0 Å². The Bertz CT molecular complexity index is 730. The van der Waals surface area contributed by atoms with Crippen LogP contribution < -0.4 is 0 Å². The van der Waals surface area contributed by atoms with Crippen LogP contribution in [0.2, 0.25) is 0 Å². The van der Waals surface area contributed by atoms with Gasteiger partial charge < -0.3 is 9.42 Å². The number of aryl methyl sites for hydroxylation is 2. The van der Waals surface area contributed by atoms with Gasteiger partial charge in [0.2, 0.25) is 15.9 Å². The van der Waals surface area contributed by atoms with Crippen molar-refractivity contribution in [2.45, 2.75) is 57.8 Å². The van der Waals surface area contributed by atoms with Crippen LogP contribution in [0, 0.1) is 19.3 Å². The third-order valence-corrected chi connectivity index (χ3v) is 7.68. The number of carbonyl (C=O) groups is 1. The molecular weight excluding hydrogens is 342 g/mol. The van der Waals surface area contributed by atoms with E-state index in [0.717, 1.165) is 25.7 Å². The third kappa shape index (κ3) is 3.33. The molecule has 0 spiro atoms. The Balaban J connectivity index is 1.75. The van der Waals surface area contributed by atoms with E-state index in [9.17, 15) is 13.2 Å². The van der Waals surface area contributed by atoms with Gasteiger partial charge in [-0.2, -0.15) is 4.31 Å². The van der Waals surface area contributed by atoms with Gasteiger partial charge in [0.15, 0.2) is 5.76 Å². The molecule has 1 saturated heterocycles. The van der Waals surface area contributed by atoms with Crippen molar-refractivity contribution in [1.82, 2.24) is 14.4 Å². The van der Waals surface area contributed by atoms with Crippen LogP contribution in [-0.4, -0.2) is 54.9 Å². The van der Waals surface area contributed by atoms with Crippen LogP contribution in [0.5, 0.6) is 0 Å². The lowest BCUT2D eigenvalue weighted by molar-refractivity contribution is -0.140. The summed E-state index contributed by atoms with van der Waals surface area (Å²) < 4.78 is 32.4. The molecule has 1 aromatic heterocycles. The van der Waals surface area contributed by atoms with Crippen molar-refractivity contribution in [3.8, 4) is 0 Å². The molecule has 140 valence electrons. The second-order valence-electron chi connectivity index (χ2n) is 7.47. The molecule has 3 rings (SSSR count). The highest BCUT2D eigenvalue weighted by Gasteiger charge is 2.40. The molecule has 1 aromatic rings. The number of aromatic nitrogens is 1. The Kier molecular flexibility index (Phi) is 4.94. The highest BCUT2D eigenvalue weighted by molar-refractivity contribution is 7.89. The molecule has 2 fully saturated rings. The van der Waals surface area contributed by atoms with Gasteiger partial charge in [-0.3, -0.25) is 4.79 Å². The number of hydrogen-bond donors (Lipinski definition) is 0. The van der Waals surface area contributed by atoms with Gasteiger partial charge in [-0.15, -0.1) is 0 Å². The molecule has 0 N–H and O–H groups in total. The lowest BCUT2D eigenvalue weighted by Crippen LogP contribution is -2.43. The maximum atomic E-state index is 13.0. The molecule has 2 heterocycles. The molecule has 0 atom stereocenters. The second kappa shape index (κ2) is 6.72. The fourth-order valence-corrected chi connectivity index (χ4v) is 5.82. The second-order valence-corrected chi connectivity index (χ2v) is 9.35. The fraction of sp³-hybridized carbons (Fsp3) is 0.765. The first kappa shape index (κ1) is 18.4. The zero-order valence-electron chi connectivity index (χ0n) is 15.2. The molecule has 1 saturated carbocycles. The van der Waals surface area contributed by atoms with Crippen LogP contribution in [0.3, 0.4) is 0 Å². The normalized spacial score (nSPS) is 22.1. The van der Waals surface area contributed by atoms with Crippen molar-refractivity contribution in [1.29, 1.82) is 0 Å². The summed E-state index contributed by atoms with van der Waals surface area (Å²) in [5.74, 6) is 0.495. The molecule has 1 aliphatic heterocycles. The van der Waals surface area contributed by atoms with Crippen molar-refractivity contribution in [3.63, 3.8) is 0 Å². The molecule has 0 radical (unpaired) electrons. The number of carbonyl (C=O) groups excluding carboxylic acids is 1. The first-order chi connectivity index (χ1) is 11.8. The predicted molar refractivity (Wildman–Crippen MR) is 92.5 cm³/mol. The molecule has 1 amide bonds. The van der Waals surface area contributed by atoms with Gasteiger partial charge in [0.05, 0.1) is 0 Å². The molecule has 7 nitrogen and oxygen atoms in total. The van der Waals surface area contributed by atoms with E-state index in [2.05, 4.69) is 5.16 Å². The zero-order valence-corrected chi connectivity index (χ0v) is 16.1. The summed E-state index contributed by atoms with van der Waals surface area (Å²) in [4.78, 5) is 14.9. The summed E-state index contributed by atoms with van der Waals surface area (Å²) in [5, 5.41) is 3.76. The van der Waals surface area contributed by atoms with Gasteiger partial charge >= 0.3 is 0 Å². The Morgan fingerprint density at radius 2 is 1.76 bits per heavy atom. The number of nitrogens with zero attached hydrogens (tertiary/aromatic N) is 3. The Labute approximate surface area is 149 Å². The topological polar surface area (TPSA) is 83.7 Å². The smallest absolute Gasteiger partial charge is 0.248 e. The fourth-order valence-electron chi connectivity index (χ4n) is 4.06.